The van der Waals surface area contributed by atoms with Crippen molar-refractivity contribution >= 4 is 23.5 Å². The fraction of sp³-hybridized carbons (Fsp3) is 0.391. The van der Waals surface area contributed by atoms with Crippen molar-refractivity contribution in [2.45, 2.75) is 30.5 Å². The molecule has 0 saturated carbocycles. The molecule has 2 aromatic rings. The Bertz CT molecular complexity index is 1010. The Kier molecular flexibility index (Phi) is 8.53. The smallest absolute Gasteiger partial charge is 0.416 e. The molecule has 11 heteroatoms. The average molecular weight is 503 g/mol. The molecule has 5 nitrogen and oxygen atoms in total. The Balaban J connectivity index is 1.52. The lowest BCUT2D eigenvalue weighted by Gasteiger charge is -2.32. The molecule has 0 bridgehead atoms. The molecule has 0 radical (unpaired) electrons. The summed E-state index contributed by atoms with van der Waals surface area (Å²) in [6, 6.07) is 6.36. The molecule has 1 unspecified atom stereocenters. The van der Waals surface area contributed by atoms with Gasteiger partial charge in [-0.05, 0) is 36.4 Å². The number of halogens is 5. The number of thioether (sulfide) groups is 1. The first-order valence-electron chi connectivity index (χ1n) is 10.4. The highest BCUT2D eigenvalue weighted by molar-refractivity contribution is 8.00. The minimum atomic E-state index is -4.43. The number of carbonyl (C=O) groups is 2. The third kappa shape index (κ3) is 6.69. The first-order chi connectivity index (χ1) is 16.1. The number of ketones is 1. The van der Waals surface area contributed by atoms with Gasteiger partial charge < -0.3 is 14.4 Å². The van der Waals surface area contributed by atoms with E-state index in [1.54, 1.807) is 6.92 Å². The number of nitrogens with zero attached hydrogens (tertiary/aromatic N) is 1. The van der Waals surface area contributed by atoms with Gasteiger partial charge in [-0.15, -0.1) is 11.8 Å². The van der Waals surface area contributed by atoms with Gasteiger partial charge in [0.2, 0.25) is 5.91 Å². The van der Waals surface area contributed by atoms with Gasteiger partial charge in [-0.1, -0.05) is 6.92 Å². The minimum absolute atomic E-state index is 0.00904. The lowest BCUT2D eigenvalue weighted by molar-refractivity contribution is -0.138. The zero-order chi connectivity index (χ0) is 24.9. The summed E-state index contributed by atoms with van der Waals surface area (Å²) in [4.78, 5) is 26.2. The maximum atomic E-state index is 14.2. The molecule has 1 saturated heterocycles. The first kappa shape index (κ1) is 26.0. The number of hydrogen-bond acceptors (Lipinski definition) is 5. The van der Waals surface area contributed by atoms with Gasteiger partial charge in [0.1, 0.15) is 12.7 Å². The quantitative estimate of drug-likeness (QED) is 0.289. The van der Waals surface area contributed by atoms with Gasteiger partial charge in [0.25, 0.3) is 0 Å². The standard InChI is InChI=1S/C23H22F5NO4S/c1-2-20(30)14-9-18(24)22(19(25)10-14)33-12-16-11-29(7-8-32-16)21(31)13-34-17-5-3-15(4-6-17)23(26,27)28/h3-6,9-10,16H,2,7-8,11-13H2,1H3. The zero-order valence-corrected chi connectivity index (χ0v) is 19.0. The van der Waals surface area contributed by atoms with E-state index in [1.807, 2.05) is 0 Å². The van der Waals surface area contributed by atoms with Crippen LogP contribution in [0.15, 0.2) is 41.3 Å². The summed E-state index contributed by atoms with van der Waals surface area (Å²) in [5.74, 6) is -3.28. The van der Waals surface area contributed by atoms with Crippen LogP contribution in [0.3, 0.4) is 0 Å². The molecule has 1 fully saturated rings. The van der Waals surface area contributed by atoms with Crippen LogP contribution in [0.4, 0.5) is 22.0 Å². The summed E-state index contributed by atoms with van der Waals surface area (Å²) in [7, 11) is 0. The molecule has 1 aliphatic heterocycles. The van der Waals surface area contributed by atoms with Crippen molar-refractivity contribution in [1.29, 1.82) is 0 Å². The van der Waals surface area contributed by atoms with E-state index in [2.05, 4.69) is 0 Å². The molecule has 1 amide bonds. The minimum Gasteiger partial charge on any atom is -0.485 e. The monoisotopic (exact) mass is 503 g/mol. The van der Waals surface area contributed by atoms with E-state index in [9.17, 15) is 31.5 Å². The molecule has 0 aromatic heterocycles. The summed E-state index contributed by atoms with van der Waals surface area (Å²) < 4.78 is 77.2. The number of amides is 1. The second-order valence-electron chi connectivity index (χ2n) is 7.50. The predicted octanol–water partition coefficient (Wildman–Crippen LogP) is 4.97. The number of carbonyl (C=O) groups excluding carboxylic acids is 2. The van der Waals surface area contributed by atoms with E-state index in [1.165, 1.54) is 17.0 Å². The van der Waals surface area contributed by atoms with Crippen LogP contribution in [-0.2, 0) is 15.7 Å². The summed E-state index contributed by atoms with van der Waals surface area (Å²) in [6.07, 6.45) is -4.95. The second-order valence-corrected chi connectivity index (χ2v) is 8.55. The van der Waals surface area contributed by atoms with Gasteiger partial charge in [-0.3, -0.25) is 9.59 Å². The first-order valence-corrected chi connectivity index (χ1v) is 11.4. The van der Waals surface area contributed by atoms with Crippen LogP contribution in [0, 0.1) is 11.6 Å². The average Bonchev–Trinajstić information content (AvgIpc) is 2.81. The van der Waals surface area contributed by atoms with Crippen molar-refractivity contribution in [3.05, 3.63) is 59.2 Å². The van der Waals surface area contributed by atoms with E-state index in [-0.39, 0.29) is 43.4 Å². The van der Waals surface area contributed by atoms with Crippen LogP contribution >= 0.6 is 11.8 Å². The SMILES string of the molecule is CCC(=O)c1cc(F)c(OCC2CN(C(=O)CSc3ccc(C(F)(F)F)cc3)CCO2)c(F)c1. The van der Waals surface area contributed by atoms with Crippen LogP contribution in [0.2, 0.25) is 0 Å². The largest absolute Gasteiger partial charge is 0.485 e. The van der Waals surface area contributed by atoms with Gasteiger partial charge in [0, 0.05) is 23.4 Å². The number of benzene rings is 2. The van der Waals surface area contributed by atoms with Crippen LogP contribution in [-0.4, -0.2) is 54.8 Å². The van der Waals surface area contributed by atoms with Crippen LogP contribution < -0.4 is 4.74 Å². The van der Waals surface area contributed by atoms with Crippen molar-refractivity contribution in [2.75, 3.05) is 32.1 Å². The maximum Gasteiger partial charge on any atom is 0.416 e. The molecule has 0 aliphatic carbocycles. The Morgan fingerprint density at radius 1 is 1.15 bits per heavy atom. The Hall–Kier alpha value is -2.66. The zero-order valence-electron chi connectivity index (χ0n) is 18.2. The van der Waals surface area contributed by atoms with Gasteiger partial charge in [0.15, 0.2) is 23.2 Å². The number of alkyl halides is 3. The number of Topliss-reactive ketones (excluding diaryl/α,β-unsaturated/α-hetero) is 1. The number of hydrogen-bond donors (Lipinski definition) is 0. The van der Waals surface area contributed by atoms with Crippen molar-refractivity contribution in [1.82, 2.24) is 4.90 Å². The van der Waals surface area contributed by atoms with Crippen molar-refractivity contribution in [3.63, 3.8) is 0 Å². The third-order valence-electron chi connectivity index (χ3n) is 5.09. The summed E-state index contributed by atoms with van der Waals surface area (Å²) in [6.45, 7) is 1.99. The molecule has 34 heavy (non-hydrogen) atoms. The molecule has 0 N–H and O–H groups in total. The summed E-state index contributed by atoms with van der Waals surface area (Å²) in [5.41, 5.74) is -0.847. The van der Waals surface area contributed by atoms with Crippen molar-refractivity contribution in [2.24, 2.45) is 0 Å². The third-order valence-corrected chi connectivity index (χ3v) is 6.09. The fourth-order valence-electron chi connectivity index (χ4n) is 3.26. The van der Waals surface area contributed by atoms with Gasteiger partial charge in [-0.2, -0.15) is 13.2 Å². The van der Waals surface area contributed by atoms with E-state index < -0.39 is 41.0 Å². The molecule has 184 valence electrons. The Morgan fingerprint density at radius 3 is 2.38 bits per heavy atom. The van der Waals surface area contributed by atoms with Crippen molar-refractivity contribution in [3.8, 4) is 5.75 Å². The normalized spacial score (nSPS) is 16.4. The van der Waals surface area contributed by atoms with E-state index in [0.29, 0.717) is 11.4 Å². The number of morpholine rings is 1. The lowest BCUT2D eigenvalue weighted by Crippen LogP contribution is -2.48. The van der Waals surface area contributed by atoms with Crippen LogP contribution in [0.1, 0.15) is 29.3 Å². The Morgan fingerprint density at radius 2 is 1.79 bits per heavy atom. The molecule has 2 aromatic carbocycles. The van der Waals surface area contributed by atoms with Gasteiger partial charge in [0.05, 0.1) is 24.5 Å². The highest BCUT2D eigenvalue weighted by Crippen LogP contribution is 2.31. The molecule has 3 rings (SSSR count). The lowest BCUT2D eigenvalue weighted by atomic mass is 10.1. The maximum absolute atomic E-state index is 14.2. The van der Waals surface area contributed by atoms with Gasteiger partial charge >= 0.3 is 6.18 Å². The van der Waals surface area contributed by atoms with Crippen molar-refractivity contribution < 1.29 is 41.0 Å². The molecule has 1 aliphatic rings. The van der Waals surface area contributed by atoms with E-state index >= 15 is 0 Å². The van der Waals surface area contributed by atoms with E-state index in [0.717, 1.165) is 36.0 Å². The highest BCUT2D eigenvalue weighted by Gasteiger charge is 2.30. The summed E-state index contributed by atoms with van der Waals surface area (Å²) in [5, 5.41) is 0. The van der Waals surface area contributed by atoms with E-state index in [4.69, 9.17) is 9.47 Å². The predicted molar refractivity (Wildman–Crippen MR) is 115 cm³/mol. The topological polar surface area (TPSA) is 55.8 Å². The Labute approximate surface area is 197 Å². The van der Waals surface area contributed by atoms with Crippen LogP contribution in [0.25, 0.3) is 0 Å². The number of rotatable bonds is 8. The molecule has 1 atom stereocenters. The second kappa shape index (κ2) is 11.2. The van der Waals surface area contributed by atoms with Gasteiger partial charge in [-0.25, -0.2) is 8.78 Å². The summed E-state index contributed by atoms with van der Waals surface area (Å²) >= 11 is 1.10. The fourth-order valence-corrected chi connectivity index (χ4v) is 4.06. The molecule has 1 heterocycles. The highest BCUT2D eigenvalue weighted by atomic mass is 32.2. The molecular formula is C23H22F5NO4S. The molecular weight excluding hydrogens is 481 g/mol. The number of ether oxygens (including phenoxy) is 2. The van der Waals surface area contributed by atoms with Crippen LogP contribution in [0.5, 0.6) is 5.75 Å². The molecule has 0 spiro atoms.